The van der Waals surface area contributed by atoms with Gasteiger partial charge in [-0.05, 0) is 25.5 Å². The van der Waals surface area contributed by atoms with E-state index in [1.807, 2.05) is 18.8 Å². The van der Waals surface area contributed by atoms with Crippen LogP contribution in [0, 0.1) is 0 Å². The van der Waals surface area contributed by atoms with Gasteiger partial charge in [0.2, 0.25) is 0 Å². The number of anilines is 2. The summed E-state index contributed by atoms with van der Waals surface area (Å²) >= 11 is 1.97. The van der Waals surface area contributed by atoms with Crippen molar-refractivity contribution in [3.63, 3.8) is 0 Å². The Morgan fingerprint density at radius 3 is 2.61 bits per heavy atom. The van der Waals surface area contributed by atoms with E-state index in [9.17, 15) is 0 Å². The Morgan fingerprint density at radius 2 is 2.06 bits per heavy atom. The predicted molar refractivity (Wildman–Crippen MR) is 79.5 cm³/mol. The van der Waals surface area contributed by atoms with Gasteiger partial charge in [0.25, 0.3) is 0 Å². The third-order valence-corrected chi connectivity index (χ3v) is 4.92. The highest BCUT2D eigenvalue weighted by atomic mass is 32.2. The van der Waals surface area contributed by atoms with Crippen molar-refractivity contribution in [1.82, 2.24) is 9.97 Å². The molecule has 0 saturated heterocycles. The van der Waals surface area contributed by atoms with Crippen LogP contribution in [0.5, 0.6) is 0 Å². The Labute approximate surface area is 113 Å². The van der Waals surface area contributed by atoms with Gasteiger partial charge in [-0.15, -0.1) is 0 Å². The van der Waals surface area contributed by atoms with Gasteiger partial charge in [0.05, 0.1) is 0 Å². The van der Waals surface area contributed by atoms with Crippen LogP contribution in [0.25, 0.3) is 0 Å². The van der Waals surface area contributed by atoms with Gasteiger partial charge < -0.3 is 10.6 Å². The maximum atomic E-state index is 4.40. The normalized spacial score (nSPS) is 16.4. The zero-order valence-corrected chi connectivity index (χ0v) is 12.2. The molecule has 0 atom stereocenters. The number of hydrogen-bond acceptors (Lipinski definition) is 5. The van der Waals surface area contributed by atoms with Crippen LogP contribution < -0.4 is 10.6 Å². The highest BCUT2D eigenvalue weighted by Gasteiger charge is 2.41. The molecule has 1 fully saturated rings. The monoisotopic (exact) mass is 266 g/mol. The van der Waals surface area contributed by atoms with Crippen LogP contribution in [0.4, 0.5) is 11.6 Å². The molecule has 1 aromatic heterocycles. The van der Waals surface area contributed by atoms with E-state index in [0.29, 0.717) is 4.75 Å². The van der Waals surface area contributed by atoms with Gasteiger partial charge in [0, 0.05) is 23.9 Å². The first-order valence-electron chi connectivity index (χ1n) is 6.55. The lowest BCUT2D eigenvalue weighted by Crippen LogP contribution is -2.19. The molecule has 1 saturated carbocycles. The molecule has 18 heavy (non-hydrogen) atoms. The molecule has 0 spiro atoms. The van der Waals surface area contributed by atoms with Gasteiger partial charge in [-0.25, -0.2) is 9.97 Å². The molecule has 1 aliphatic carbocycles. The summed E-state index contributed by atoms with van der Waals surface area (Å²) < 4.78 is 0.453. The second kappa shape index (κ2) is 5.78. The quantitative estimate of drug-likeness (QED) is 0.795. The zero-order valence-electron chi connectivity index (χ0n) is 11.4. The van der Waals surface area contributed by atoms with Crippen molar-refractivity contribution in [3.05, 3.63) is 11.9 Å². The topological polar surface area (TPSA) is 49.8 Å². The van der Waals surface area contributed by atoms with Gasteiger partial charge in [0.1, 0.15) is 18.0 Å². The molecule has 0 unspecified atom stereocenters. The summed E-state index contributed by atoms with van der Waals surface area (Å²) in [7, 11) is 1.91. The fourth-order valence-electron chi connectivity index (χ4n) is 2.10. The van der Waals surface area contributed by atoms with Crippen molar-refractivity contribution in [2.24, 2.45) is 0 Å². The Morgan fingerprint density at radius 1 is 1.33 bits per heavy atom. The Balaban J connectivity index is 2.10. The zero-order chi connectivity index (χ0) is 13.0. The molecule has 1 heterocycles. The molecule has 1 aromatic rings. The van der Waals surface area contributed by atoms with Crippen molar-refractivity contribution in [2.75, 3.05) is 30.5 Å². The number of thioether (sulfide) groups is 1. The molecule has 2 rings (SSSR count). The summed E-state index contributed by atoms with van der Waals surface area (Å²) in [6.07, 6.45) is 8.56. The third-order valence-electron chi connectivity index (χ3n) is 3.50. The first kappa shape index (κ1) is 13.5. The van der Waals surface area contributed by atoms with E-state index < -0.39 is 0 Å². The van der Waals surface area contributed by atoms with Gasteiger partial charge in [-0.2, -0.15) is 11.8 Å². The van der Waals surface area contributed by atoms with Crippen LogP contribution in [-0.4, -0.2) is 34.6 Å². The summed E-state index contributed by atoms with van der Waals surface area (Å²) in [4.78, 5) is 8.69. The minimum Gasteiger partial charge on any atom is -0.373 e. The fraction of sp³-hybridized carbons (Fsp3) is 0.692. The summed E-state index contributed by atoms with van der Waals surface area (Å²) in [5, 5.41) is 6.67. The van der Waals surface area contributed by atoms with E-state index in [1.54, 1.807) is 6.33 Å². The van der Waals surface area contributed by atoms with Crippen molar-refractivity contribution in [2.45, 2.75) is 37.4 Å². The minimum atomic E-state index is 0.453. The lowest BCUT2D eigenvalue weighted by molar-refractivity contribution is 0.885. The fourth-order valence-corrected chi connectivity index (χ4v) is 2.83. The molecule has 5 heteroatoms. The third kappa shape index (κ3) is 2.88. The molecular weight excluding hydrogens is 244 g/mol. The average Bonchev–Trinajstić information content (AvgIpc) is 3.18. The smallest absolute Gasteiger partial charge is 0.134 e. The van der Waals surface area contributed by atoms with Crippen LogP contribution in [0.15, 0.2) is 6.33 Å². The van der Waals surface area contributed by atoms with E-state index in [1.165, 1.54) is 18.4 Å². The summed E-state index contributed by atoms with van der Waals surface area (Å²) in [5.74, 6) is 1.94. The second-order valence-corrected chi connectivity index (χ2v) is 6.06. The number of aromatic nitrogens is 2. The average molecular weight is 266 g/mol. The standard InChI is InChI=1S/C13H22N4S/c1-4-5-10-11(14-2)16-9-17-12(10)15-8-13(18-3)6-7-13/h9H,4-8H2,1-3H3,(H2,14,15,16,17). The molecule has 0 bridgehead atoms. The first-order valence-corrected chi connectivity index (χ1v) is 7.78. The molecule has 0 amide bonds. The molecule has 0 aliphatic heterocycles. The Bertz CT molecular complexity index is 404. The van der Waals surface area contributed by atoms with Crippen LogP contribution in [0.2, 0.25) is 0 Å². The Kier molecular flexibility index (Phi) is 4.32. The summed E-state index contributed by atoms with van der Waals surface area (Å²) in [6, 6.07) is 0. The van der Waals surface area contributed by atoms with E-state index in [2.05, 4.69) is 33.8 Å². The van der Waals surface area contributed by atoms with Crippen molar-refractivity contribution in [3.8, 4) is 0 Å². The van der Waals surface area contributed by atoms with E-state index in [-0.39, 0.29) is 0 Å². The first-order chi connectivity index (χ1) is 8.74. The molecule has 4 nitrogen and oxygen atoms in total. The van der Waals surface area contributed by atoms with Crippen LogP contribution in [-0.2, 0) is 6.42 Å². The van der Waals surface area contributed by atoms with Crippen molar-refractivity contribution < 1.29 is 0 Å². The summed E-state index contributed by atoms with van der Waals surface area (Å²) in [5.41, 5.74) is 1.21. The lowest BCUT2D eigenvalue weighted by Gasteiger charge is -2.17. The molecule has 100 valence electrons. The Hall–Kier alpha value is -0.970. The van der Waals surface area contributed by atoms with Gasteiger partial charge in [-0.3, -0.25) is 0 Å². The summed E-state index contributed by atoms with van der Waals surface area (Å²) in [6.45, 7) is 3.19. The molecular formula is C13H22N4S. The van der Waals surface area contributed by atoms with Crippen LogP contribution >= 0.6 is 11.8 Å². The maximum absolute atomic E-state index is 4.40. The highest BCUT2D eigenvalue weighted by molar-refractivity contribution is 8.00. The largest absolute Gasteiger partial charge is 0.373 e. The number of hydrogen-bond donors (Lipinski definition) is 2. The SMILES string of the molecule is CCCc1c(NC)ncnc1NCC1(SC)CC1. The number of rotatable bonds is 7. The minimum absolute atomic E-state index is 0.453. The second-order valence-electron chi connectivity index (χ2n) is 4.79. The predicted octanol–water partition coefficient (Wildman–Crippen LogP) is 2.78. The molecule has 0 aromatic carbocycles. The van der Waals surface area contributed by atoms with Gasteiger partial charge in [0.15, 0.2) is 0 Å². The van der Waals surface area contributed by atoms with E-state index in [0.717, 1.165) is 31.0 Å². The van der Waals surface area contributed by atoms with Crippen molar-refractivity contribution in [1.29, 1.82) is 0 Å². The van der Waals surface area contributed by atoms with E-state index in [4.69, 9.17) is 0 Å². The maximum Gasteiger partial charge on any atom is 0.134 e. The van der Waals surface area contributed by atoms with Gasteiger partial charge >= 0.3 is 0 Å². The van der Waals surface area contributed by atoms with Crippen LogP contribution in [0.3, 0.4) is 0 Å². The van der Waals surface area contributed by atoms with Gasteiger partial charge in [-0.1, -0.05) is 13.3 Å². The highest BCUT2D eigenvalue weighted by Crippen LogP contribution is 2.47. The number of nitrogens with zero attached hydrogens (tertiary/aromatic N) is 2. The lowest BCUT2D eigenvalue weighted by atomic mass is 10.1. The molecule has 0 radical (unpaired) electrons. The van der Waals surface area contributed by atoms with Crippen LogP contribution in [0.1, 0.15) is 31.7 Å². The molecule has 1 aliphatic rings. The van der Waals surface area contributed by atoms with E-state index >= 15 is 0 Å². The number of nitrogens with one attached hydrogen (secondary N) is 2. The van der Waals surface area contributed by atoms with Crippen molar-refractivity contribution >= 4 is 23.4 Å². The molecule has 2 N–H and O–H groups in total.